The van der Waals surface area contributed by atoms with Crippen LogP contribution in [0.3, 0.4) is 0 Å². The lowest BCUT2D eigenvalue weighted by molar-refractivity contribution is 0.0306. The van der Waals surface area contributed by atoms with Gasteiger partial charge in [-0.2, -0.15) is 5.10 Å². The smallest absolute Gasteiger partial charge is 0.410 e. The molecule has 0 radical (unpaired) electrons. The second-order valence-electron chi connectivity index (χ2n) is 11.7. The third-order valence-corrected chi connectivity index (χ3v) is 7.02. The van der Waals surface area contributed by atoms with E-state index in [-0.39, 0.29) is 18.1 Å². The van der Waals surface area contributed by atoms with Crippen molar-refractivity contribution >= 4 is 28.5 Å². The number of rotatable bonds is 5. The summed E-state index contributed by atoms with van der Waals surface area (Å²) in [4.78, 5) is 32.6. The number of nitrogen functional groups attached to an aromatic ring is 1. The Hall–Kier alpha value is -4.35. The van der Waals surface area contributed by atoms with Crippen LogP contribution in [0.15, 0.2) is 23.1 Å². The average molecular weight is 544 g/mol. The van der Waals surface area contributed by atoms with Gasteiger partial charge in [0.1, 0.15) is 29.1 Å². The molecule has 4 aromatic heterocycles. The van der Waals surface area contributed by atoms with Crippen molar-refractivity contribution in [3.05, 3.63) is 35.6 Å². The monoisotopic (exact) mass is 543 g/mol. The van der Waals surface area contributed by atoms with Gasteiger partial charge in [-0.05, 0) is 60.0 Å². The van der Waals surface area contributed by atoms with Gasteiger partial charge in [0.25, 0.3) is 0 Å². The van der Waals surface area contributed by atoms with E-state index in [9.17, 15) is 4.79 Å². The van der Waals surface area contributed by atoms with Crippen LogP contribution in [0.25, 0.3) is 39.4 Å². The second kappa shape index (κ2) is 9.39. The SMILES string of the molecule is Cc1nc(-c2c(-c3nn(C(C)C)c4ncnc(N)c34)noc2C2CC2)ncc1C1=CCN(C(=O)OC(C)(C)C)C1. The molecule has 1 fully saturated rings. The van der Waals surface area contributed by atoms with Crippen LogP contribution in [0.2, 0.25) is 0 Å². The van der Waals surface area contributed by atoms with Crippen molar-refractivity contribution < 1.29 is 14.1 Å². The fraction of sp³-hybridized carbons (Fsp3) is 0.464. The number of amides is 1. The standard InChI is InChI=1S/C28H33N9O3/c1-14(2)37-26-20(24(29)31-13-32-26)21(34-37)22-19(23(40-35-22)16-7-8-16)25-30-11-18(15(3)33-25)17-9-10-36(12-17)27(38)39-28(4,5)6/h9,11,13-14,16H,7-8,10,12H2,1-6H3,(H2,29,31,32). The molecule has 0 saturated heterocycles. The van der Waals surface area contributed by atoms with E-state index in [0.29, 0.717) is 52.7 Å². The van der Waals surface area contributed by atoms with Gasteiger partial charge in [-0.1, -0.05) is 11.2 Å². The summed E-state index contributed by atoms with van der Waals surface area (Å²) in [5.74, 6) is 1.83. The number of fused-ring (bicyclic) bond motifs is 1. The Kier molecular flexibility index (Phi) is 6.08. The molecule has 0 unspecified atom stereocenters. The molecule has 2 aliphatic rings. The van der Waals surface area contributed by atoms with E-state index < -0.39 is 5.60 Å². The van der Waals surface area contributed by atoms with Crippen LogP contribution in [-0.2, 0) is 4.74 Å². The normalized spacial score (nSPS) is 15.8. The molecule has 1 aliphatic heterocycles. The van der Waals surface area contributed by atoms with E-state index in [4.69, 9.17) is 30.1 Å². The first-order chi connectivity index (χ1) is 19.0. The number of carbonyl (C=O) groups excluding carboxylic acids is 1. The lowest BCUT2D eigenvalue weighted by Gasteiger charge is -2.24. The summed E-state index contributed by atoms with van der Waals surface area (Å²) in [5.41, 5.74) is 10.8. The van der Waals surface area contributed by atoms with Gasteiger partial charge in [-0.25, -0.2) is 29.4 Å². The lowest BCUT2D eigenvalue weighted by atomic mass is 10.0. The summed E-state index contributed by atoms with van der Waals surface area (Å²) in [6.45, 7) is 12.5. The van der Waals surface area contributed by atoms with E-state index >= 15 is 0 Å². The summed E-state index contributed by atoms with van der Waals surface area (Å²) in [6, 6.07) is 0.0431. The summed E-state index contributed by atoms with van der Waals surface area (Å²) in [5, 5.41) is 9.94. The molecule has 12 heteroatoms. The molecule has 0 atom stereocenters. The highest BCUT2D eigenvalue weighted by atomic mass is 16.6. The van der Waals surface area contributed by atoms with Crippen molar-refractivity contribution in [2.24, 2.45) is 0 Å². The highest BCUT2D eigenvalue weighted by Crippen LogP contribution is 2.48. The molecule has 0 aromatic carbocycles. The maximum absolute atomic E-state index is 12.6. The zero-order valence-electron chi connectivity index (χ0n) is 23.6. The molecule has 40 heavy (non-hydrogen) atoms. The number of hydrogen-bond donors (Lipinski definition) is 1. The molecule has 12 nitrogen and oxygen atoms in total. The Morgan fingerprint density at radius 1 is 1.18 bits per heavy atom. The van der Waals surface area contributed by atoms with E-state index in [1.54, 1.807) is 11.1 Å². The first-order valence-electron chi connectivity index (χ1n) is 13.5. The molecule has 6 rings (SSSR count). The molecule has 0 bridgehead atoms. The number of anilines is 1. The fourth-order valence-corrected chi connectivity index (χ4v) is 4.94. The molecule has 1 aliphatic carbocycles. The van der Waals surface area contributed by atoms with Gasteiger partial charge >= 0.3 is 6.09 Å². The molecular formula is C28H33N9O3. The largest absolute Gasteiger partial charge is 0.444 e. The molecule has 1 saturated carbocycles. The van der Waals surface area contributed by atoms with Gasteiger partial charge in [0, 0.05) is 42.5 Å². The lowest BCUT2D eigenvalue weighted by Crippen LogP contribution is -2.35. The number of nitrogens with zero attached hydrogens (tertiary/aromatic N) is 8. The zero-order chi connectivity index (χ0) is 28.3. The third-order valence-electron chi connectivity index (χ3n) is 7.02. The highest BCUT2D eigenvalue weighted by Gasteiger charge is 2.36. The number of aromatic nitrogens is 7. The van der Waals surface area contributed by atoms with Crippen LogP contribution in [-0.4, -0.2) is 64.6 Å². The summed E-state index contributed by atoms with van der Waals surface area (Å²) < 4.78 is 13.3. The predicted octanol–water partition coefficient (Wildman–Crippen LogP) is 4.92. The van der Waals surface area contributed by atoms with Crippen molar-refractivity contribution in [1.29, 1.82) is 0 Å². The van der Waals surface area contributed by atoms with Crippen LogP contribution in [0.1, 0.15) is 76.4 Å². The maximum Gasteiger partial charge on any atom is 0.410 e. The van der Waals surface area contributed by atoms with Gasteiger partial charge in [0.05, 0.1) is 10.9 Å². The van der Waals surface area contributed by atoms with Crippen LogP contribution >= 0.6 is 0 Å². The number of hydrogen-bond acceptors (Lipinski definition) is 10. The molecule has 5 heterocycles. The quantitative estimate of drug-likeness (QED) is 0.367. The molecule has 0 spiro atoms. The molecule has 208 valence electrons. The minimum atomic E-state index is -0.552. The van der Waals surface area contributed by atoms with E-state index in [1.807, 2.05) is 52.3 Å². The Morgan fingerprint density at radius 2 is 1.95 bits per heavy atom. The minimum Gasteiger partial charge on any atom is -0.444 e. The maximum atomic E-state index is 12.6. The first kappa shape index (κ1) is 25.9. The fourth-order valence-electron chi connectivity index (χ4n) is 4.94. The van der Waals surface area contributed by atoms with Crippen molar-refractivity contribution in [2.75, 3.05) is 18.8 Å². The topological polar surface area (TPSA) is 151 Å². The Balaban J connectivity index is 1.39. The van der Waals surface area contributed by atoms with Crippen molar-refractivity contribution in [2.45, 2.75) is 71.9 Å². The minimum absolute atomic E-state index is 0.0431. The highest BCUT2D eigenvalue weighted by molar-refractivity contribution is 6.00. The average Bonchev–Trinajstić information content (AvgIpc) is 3.28. The number of nitrogens with two attached hydrogens (primary N) is 1. The second-order valence-corrected chi connectivity index (χ2v) is 11.7. The summed E-state index contributed by atoms with van der Waals surface area (Å²) in [7, 11) is 0. The Labute approximate surface area is 231 Å². The first-order valence-corrected chi connectivity index (χ1v) is 13.5. The van der Waals surface area contributed by atoms with Crippen molar-refractivity contribution in [3.8, 4) is 22.8 Å². The van der Waals surface area contributed by atoms with Crippen molar-refractivity contribution in [3.63, 3.8) is 0 Å². The van der Waals surface area contributed by atoms with Crippen LogP contribution in [0.4, 0.5) is 10.6 Å². The number of carbonyl (C=O) groups is 1. The molecule has 4 aromatic rings. The van der Waals surface area contributed by atoms with Gasteiger partial charge in [-0.15, -0.1) is 0 Å². The van der Waals surface area contributed by atoms with Crippen LogP contribution < -0.4 is 5.73 Å². The van der Waals surface area contributed by atoms with Gasteiger partial charge < -0.3 is 19.9 Å². The zero-order valence-corrected chi connectivity index (χ0v) is 23.6. The van der Waals surface area contributed by atoms with Gasteiger partial charge in [-0.3, -0.25) is 0 Å². The Morgan fingerprint density at radius 3 is 2.62 bits per heavy atom. The molecule has 1 amide bonds. The number of ether oxygens (including phenoxy) is 1. The van der Waals surface area contributed by atoms with E-state index in [1.165, 1.54) is 6.33 Å². The van der Waals surface area contributed by atoms with Gasteiger partial charge in [0.15, 0.2) is 17.2 Å². The third kappa shape index (κ3) is 4.56. The number of aryl methyl sites for hydroxylation is 1. The van der Waals surface area contributed by atoms with E-state index in [0.717, 1.165) is 35.4 Å². The Bertz CT molecular complexity index is 1660. The predicted molar refractivity (Wildman–Crippen MR) is 149 cm³/mol. The van der Waals surface area contributed by atoms with E-state index in [2.05, 4.69) is 15.1 Å². The molecular weight excluding hydrogens is 510 g/mol. The van der Waals surface area contributed by atoms with Gasteiger partial charge in [0.2, 0.25) is 0 Å². The molecule has 2 N–H and O–H groups in total. The van der Waals surface area contributed by atoms with Crippen molar-refractivity contribution in [1.82, 2.24) is 39.8 Å². The summed E-state index contributed by atoms with van der Waals surface area (Å²) in [6.07, 6.45) is 6.94. The summed E-state index contributed by atoms with van der Waals surface area (Å²) >= 11 is 0. The van der Waals surface area contributed by atoms with Crippen LogP contribution in [0, 0.1) is 6.92 Å². The van der Waals surface area contributed by atoms with Crippen LogP contribution in [0.5, 0.6) is 0 Å².